The van der Waals surface area contributed by atoms with E-state index in [1.54, 1.807) is 7.05 Å². The molecule has 0 saturated heterocycles. The van der Waals surface area contributed by atoms with Crippen LogP contribution in [0.5, 0.6) is 0 Å². The summed E-state index contributed by atoms with van der Waals surface area (Å²) in [6.07, 6.45) is 0. The Morgan fingerprint density at radius 1 is 1.07 bits per heavy atom. The summed E-state index contributed by atoms with van der Waals surface area (Å²) in [6.45, 7) is 0. The number of hydrazine groups is 1. The number of carbonyl (C=O) groups is 1. The van der Waals surface area contributed by atoms with Crippen LogP contribution in [0.1, 0.15) is 10.4 Å². The normalized spacial score (nSPS) is 10.2. The summed E-state index contributed by atoms with van der Waals surface area (Å²) in [7, 11) is 1.67. The molecular formula is C12H12N2O. The molecule has 3 heteroatoms. The van der Waals surface area contributed by atoms with Crippen molar-refractivity contribution in [3.63, 3.8) is 0 Å². The maximum absolute atomic E-state index is 11.7. The van der Waals surface area contributed by atoms with Crippen LogP contribution < -0.4 is 10.9 Å². The average molecular weight is 200 g/mol. The zero-order valence-electron chi connectivity index (χ0n) is 8.45. The molecule has 0 heterocycles. The standard InChI is InChI=1S/C12H12N2O/c1-13-14-12(15)11-8-4-6-9-5-2-3-7-10(9)11/h2-8,13H,1H3,(H,14,15). The van der Waals surface area contributed by atoms with Crippen molar-refractivity contribution in [1.82, 2.24) is 10.9 Å². The molecule has 1 amide bonds. The summed E-state index contributed by atoms with van der Waals surface area (Å²) >= 11 is 0. The molecule has 2 aromatic rings. The molecule has 0 saturated carbocycles. The van der Waals surface area contributed by atoms with Gasteiger partial charge in [0.1, 0.15) is 0 Å². The van der Waals surface area contributed by atoms with Gasteiger partial charge in [-0.3, -0.25) is 10.2 Å². The minimum absolute atomic E-state index is 0.116. The Morgan fingerprint density at radius 3 is 2.60 bits per heavy atom. The van der Waals surface area contributed by atoms with E-state index in [4.69, 9.17) is 0 Å². The fourth-order valence-corrected chi connectivity index (χ4v) is 1.60. The van der Waals surface area contributed by atoms with Crippen LogP contribution in [-0.2, 0) is 0 Å². The highest BCUT2D eigenvalue weighted by atomic mass is 16.2. The van der Waals surface area contributed by atoms with E-state index in [2.05, 4.69) is 10.9 Å². The summed E-state index contributed by atoms with van der Waals surface area (Å²) in [4.78, 5) is 11.7. The molecule has 0 spiro atoms. The Hall–Kier alpha value is -1.87. The Bertz CT molecular complexity index is 488. The maximum atomic E-state index is 11.7. The molecule has 0 radical (unpaired) electrons. The highest BCUT2D eigenvalue weighted by molar-refractivity contribution is 6.06. The molecule has 2 N–H and O–H groups in total. The van der Waals surface area contributed by atoms with Gasteiger partial charge >= 0.3 is 0 Å². The lowest BCUT2D eigenvalue weighted by Crippen LogP contribution is -2.34. The smallest absolute Gasteiger partial charge is 0.265 e. The van der Waals surface area contributed by atoms with Crippen LogP contribution in [0.3, 0.4) is 0 Å². The second kappa shape index (κ2) is 4.11. The van der Waals surface area contributed by atoms with Crippen molar-refractivity contribution in [1.29, 1.82) is 0 Å². The van der Waals surface area contributed by atoms with Gasteiger partial charge in [-0.05, 0) is 16.8 Å². The van der Waals surface area contributed by atoms with Crippen molar-refractivity contribution in [3.05, 3.63) is 48.0 Å². The van der Waals surface area contributed by atoms with Crippen LogP contribution in [0.15, 0.2) is 42.5 Å². The number of nitrogens with one attached hydrogen (secondary N) is 2. The van der Waals surface area contributed by atoms with Gasteiger partial charge in [-0.2, -0.15) is 0 Å². The van der Waals surface area contributed by atoms with E-state index in [0.717, 1.165) is 10.8 Å². The molecule has 0 bridgehead atoms. The molecule has 0 aliphatic rings. The van der Waals surface area contributed by atoms with Gasteiger partial charge in [-0.25, -0.2) is 5.43 Å². The fraction of sp³-hybridized carbons (Fsp3) is 0.0833. The van der Waals surface area contributed by atoms with Gasteiger partial charge in [0.2, 0.25) is 0 Å². The van der Waals surface area contributed by atoms with Crippen molar-refractivity contribution < 1.29 is 4.79 Å². The average Bonchev–Trinajstić information content (AvgIpc) is 2.28. The van der Waals surface area contributed by atoms with Crippen LogP contribution >= 0.6 is 0 Å². The molecule has 15 heavy (non-hydrogen) atoms. The number of fused-ring (bicyclic) bond motifs is 1. The van der Waals surface area contributed by atoms with Crippen molar-refractivity contribution in [2.24, 2.45) is 0 Å². The predicted octanol–water partition coefficient (Wildman–Crippen LogP) is 1.70. The minimum Gasteiger partial charge on any atom is -0.288 e. The first-order valence-electron chi connectivity index (χ1n) is 4.78. The van der Waals surface area contributed by atoms with E-state index < -0.39 is 0 Å². The van der Waals surface area contributed by atoms with Crippen molar-refractivity contribution in [2.75, 3.05) is 7.05 Å². The first-order valence-corrected chi connectivity index (χ1v) is 4.78. The highest BCUT2D eigenvalue weighted by Crippen LogP contribution is 2.17. The van der Waals surface area contributed by atoms with Gasteiger partial charge in [0.25, 0.3) is 5.91 Å². The van der Waals surface area contributed by atoms with E-state index in [9.17, 15) is 4.79 Å². The SMILES string of the molecule is CNNC(=O)c1cccc2ccccc12. The molecule has 0 aliphatic heterocycles. The molecule has 2 aromatic carbocycles. The van der Waals surface area contributed by atoms with Gasteiger partial charge in [-0.15, -0.1) is 0 Å². The minimum atomic E-state index is -0.116. The Morgan fingerprint density at radius 2 is 1.80 bits per heavy atom. The number of amides is 1. The molecule has 0 unspecified atom stereocenters. The monoisotopic (exact) mass is 200 g/mol. The molecule has 0 aliphatic carbocycles. The molecule has 0 fully saturated rings. The van der Waals surface area contributed by atoms with Gasteiger partial charge in [0.15, 0.2) is 0 Å². The first kappa shape index (κ1) is 9.68. The third-order valence-corrected chi connectivity index (χ3v) is 2.27. The second-order valence-electron chi connectivity index (χ2n) is 3.23. The number of hydrogen-bond donors (Lipinski definition) is 2. The summed E-state index contributed by atoms with van der Waals surface area (Å²) in [6, 6.07) is 13.5. The molecule has 2 rings (SSSR count). The van der Waals surface area contributed by atoms with Crippen LogP contribution in [0.25, 0.3) is 10.8 Å². The van der Waals surface area contributed by atoms with Gasteiger partial charge in [0.05, 0.1) is 0 Å². The molecule has 3 nitrogen and oxygen atoms in total. The van der Waals surface area contributed by atoms with Crippen LogP contribution in [0.4, 0.5) is 0 Å². The second-order valence-corrected chi connectivity index (χ2v) is 3.23. The van der Waals surface area contributed by atoms with Crippen molar-refractivity contribution in [3.8, 4) is 0 Å². The summed E-state index contributed by atoms with van der Waals surface area (Å²) in [5, 5.41) is 2.04. The van der Waals surface area contributed by atoms with Crippen LogP contribution in [0.2, 0.25) is 0 Å². The van der Waals surface area contributed by atoms with E-state index in [0.29, 0.717) is 5.56 Å². The van der Waals surface area contributed by atoms with E-state index >= 15 is 0 Å². The van der Waals surface area contributed by atoms with Gasteiger partial charge in [-0.1, -0.05) is 36.4 Å². The fourth-order valence-electron chi connectivity index (χ4n) is 1.60. The topological polar surface area (TPSA) is 41.1 Å². The Kier molecular flexibility index (Phi) is 2.65. The quantitative estimate of drug-likeness (QED) is 0.724. The zero-order valence-corrected chi connectivity index (χ0v) is 8.45. The number of benzene rings is 2. The van der Waals surface area contributed by atoms with Gasteiger partial charge < -0.3 is 0 Å². The molecule has 76 valence electrons. The third kappa shape index (κ3) is 1.82. The lowest BCUT2D eigenvalue weighted by atomic mass is 10.0. The molecule has 0 aromatic heterocycles. The van der Waals surface area contributed by atoms with E-state index in [-0.39, 0.29) is 5.91 Å². The zero-order chi connectivity index (χ0) is 10.7. The number of rotatable bonds is 2. The third-order valence-electron chi connectivity index (χ3n) is 2.27. The van der Waals surface area contributed by atoms with Crippen LogP contribution in [-0.4, -0.2) is 13.0 Å². The van der Waals surface area contributed by atoms with Crippen LogP contribution in [0, 0.1) is 0 Å². The Labute approximate surface area is 88.1 Å². The summed E-state index contributed by atoms with van der Waals surface area (Å²) in [5.41, 5.74) is 5.88. The van der Waals surface area contributed by atoms with E-state index in [1.165, 1.54) is 0 Å². The largest absolute Gasteiger partial charge is 0.288 e. The lowest BCUT2D eigenvalue weighted by molar-refractivity contribution is 0.0939. The maximum Gasteiger partial charge on any atom is 0.265 e. The first-order chi connectivity index (χ1) is 7.33. The summed E-state index contributed by atoms with van der Waals surface area (Å²) < 4.78 is 0. The lowest BCUT2D eigenvalue weighted by Gasteiger charge is -2.06. The highest BCUT2D eigenvalue weighted by Gasteiger charge is 2.07. The number of hydrogen-bond acceptors (Lipinski definition) is 2. The Balaban J connectivity index is 2.56. The predicted molar refractivity (Wildman–Crippen MR) is 60.5 cm³/mol. The summed E-state index contributed by atoms with van der Waals surface area (Å²) in [5.74, 6) is -0.116. The number of carbonyl (C=O) groups excluding carboxylic acids is 1. The van der Waals surface area contributed by atoms with Gasteiger partial charge in [0, 0.05) is 12.6 Å². The molecular weight excluding hydrogens is 188 g/mol. The van der Waals surface area contributed by atoms with E-state index in [1.807, 2.05) is 42.5 Å². The molecule has 0 atom stereocenters. The van der Waals surface area contributed by atoms with Crippen molar-refractivity contribution in [2.45, 2.75) is 0 Å². The van der Waals surface area contributed by atoms with Crippen molar-refractivity contribution >= 4 is 16.7 Å².